The van der Waals surface area contributed by atoms with E-state index in [4.69, 9.17) is 9.47 Å². The van der Waals surface area contributed by atoms with Gasteiger partial charge in [-0.15, -0.1) is 5.92 Å². The highest BCUT2D eigenvalue weighted by Gasteiger charge is 2.05. The number of rotatable bonds is 8. The average Bonchev–Trinajstić information content (AvgIpc) is 2.44. The second-order valence-corrected chi connectivity index (χ2v) is 4.11. The van der Waals surface area contributed by atoms with E-state index in [1.165, 1.54) is 0 Å². The second-order valence-electron chi connectivity index (χ2n) is 4.11. The van der Waals surface area contributed by atoms with Crippen LogP contribution in [0.5, 0.6) is 11.5 Å². The molecule has 0 aromatic heterocycles. The molecule has 0 spiro atoms. The maximum absolute atomic E-state index is 5.70. The largest absolute Gasteiger partial charge is 0.493 e. The average molecular weight is 261 g/mol. The molecule has 0 fully saturated rings. The summed E-state index contributed by atoms with van der Waals surface area (Å²) in [5, 5.41) is 3.30. The van der Waals surface area contributed by atoms with Crippen LogP contribution in [0.4, 0.5) is 0 Å². The fraction of sp³-hybridized carbons (Fsp3) is 0.500. The van der Waals surface area contributed by atoms with Gasteiger partial charge in [0.1, 0.15) is 18.1 Å². The Hall–Kier alpha value is -1.66. The maximum atomic E-state index is 5.70. The molecule has 0 radical (unpaired) electrons. The molecule has 0 aliphatic heterocycles. The molecular formula is C16H23NO2. The van der Waals surface area contributed by atoms with Crippen molar-refractivity contribution in [1.29, 1.82) is 0 Å². The first-order valence-electron chi connectivity index (χ1n) is 6.80. The van der Waals surface area contributed by atoms with Gasteiger partial charge >= 0.3 is 0 Å². The molecule has 0 bridgehead atoms. The molecule has 104 valence electrons. The van der Waals surface area contributed by atoms with Crippen molar-refractivity contribution in [1.82, 2.24) is 5.32 Å². The molecule has 0 aliphatic rings. The van der Waals surface area contributed by atoms with Gasteiger partial charge in [-0.2, -0.15) is 0 Å². The standard InChI is InChI=1S/C16H23NO2/c1-4-7-11-19-16-12-15(18-10-5-2)9-8-14(16)13-17-6-3/h8-9,12,17H,5-6,10-11,13H2,1-3H3. The van der Waals surface area contributed by atoms with E-state index in [1.54, 1.807) is 0 Å². The van der Waals surface area contributed by atoms with Gasteiger partial charge in [-0.25, -0.2) is 0 Å². The molecule has 0 heterocycles. The zero-order valence-corrected chi connectivity index (χ0v) is 12.1. The predicted octanol–water partition coefficient (Wildman–Crippen LogP) is 2.99. The highest BCUT2D eigenvalue weighted by atomic mass is 16.5. The van der Waals surface area contributed by atoms with E-state index in [0.717, 1.165) is 43.2 Å². The van der Waals surface area contributed by atoms with Crippen molar-refractivity contribution in [2.75, 3.05) is 19.8 Å². The van der Waals surface area contributed by atoms with Gasteiger partial charge in [-0.05, 0) is 26.0 Å². The minimum absolute atomic E-state index is 0.410. The van der Waals surface area contributed by atoms with Crippen LogP contribution in [-0.4, -0.2) is 19.8 Å². The Bertz CT molecular complexity index is 432. The molecule has 1 aromatic rings. The lowest BCUT2D eigenvalue weighted by atomic mass is 10.2. The van der Waals surface area contributed by atoms with Gasteiger partial charge in [0.05, 0.1) is 6.61 Å². The van der Waals surface area contributed by atoms with E-state index >= 15 is 0 Å². The molecule has 3 heteroatoms. The first-order valence-corrected chi connectivity index (χ1v) is 6.80. The Morgan fingerprint density at radius 3 is 2.74 bits per heavy atom. The fourth-order valence-electron chi connectivity index (χ4n) is 1.57. The smallest absolute Gasteiger partial charge is 0.149 e. The number of nitrogens with one attached hydrogen (secondary N) is 1. The van der Waals surface area contributed by atoms with Crippen LogP contribution in [0.15, 0.2) is 18.2 Å². The van der Waals surface area contributed by atoms with Gasteiger partial charge in [-0.3, -0.25) is 0 Å². The van der Waals surface area contributed by atoms with Gasteiger partial charge < -0.3 is 14.8 Å². The van der Waals surface area contributed by atoms with Crippen LogP contribution in [0, 0.1) is 11.8 Å². The van der Waals surface area contributed by atoms with E-state index in [9.17, 15) is 0 Å². The van der Waals surface area contributed by atoms with Crippen molar-refractivity contribution in [2.24, 2.45) is 0 Å². The van der Waals surface area contributed by atoms with Crippen molar-refractivity contribution in [2.45, 2.75) is 33.7 Å². The van der Waals surface area contributed by atoms with Crippen LogP contribution in [0.1, 0.15) is 32.8 Å². The number of benzene rings is 1. The molecule has 1 rings (SSSR count). The summed E-state index contributed by atoms with van der Waals surface area (Å²) < 4.78 is 11.3. The van der Waals surface area contributed by atoms with Crippen molar-refractivity contribution in [3.8, 4) is 23.3 Å². The Morgan fingerprint density at radius 1 is 1.21 bits per heavy atom. The molecule has 0 saturated carbocycles. The van der Waals surface area contributed by atoms with E-state index in [2.05, 4.69) is 31.0 Å². The molecule has 0 amide bonds. The number of hydrogen-bond donors (Lipinski definition) is 1. The van der Waals surface area contributed by atoms with Crippen molar-refractivity contribution in [3.63, 3.8) is 0 Å². The first-order chi connectivity index (χ1) is 9.31. The van der Waals surface area contributed by atoms with Crippen molar-refractivity contribution >= 4 is 0 Å². The molecule has 3 nitrogen and oxygen atoms in total. The highest BCUT2D eigenvalue weighted by molar-refractivity contribution is 5.41. The third-order valence-corrected chi connectivity index (χ3v) is 2.55. The van der Waals surface area contributed by atoms with E-state index in [-0.39, 0.29) is 0 Å². The lowest BCUT2D eigenvalue weighted by Crippen LogP contribution is -2.13. The lowest BCUT2D eigenvalue weighted by Gasteiger charge is -2.12. The summed E-state index contributed by atoms with van der Waals surface area (Å²) in [7, 11) is 0. The minimum Gasteiger partial charge on any atom is -0.493 e. The number of ether oxygens (including phenoxy) is 2. The quantitative estimate of drug-likeness (QED) is 0.730. The minimum atomic E-state index is 0.410. The van der Waals surface area contributed by atoms with Gasteiger partial charge in [0, 0.05) is 18.2 Å². The topological polar surface area (TPSA) is 30.5 Å². The van der Waals surface area contributed by atoms with E-state index < -0.39 is 0 Å². The van der Waals surface area contributed by atoms with Crippen LogP contribution in [0.3, 0.4) is 0 Å². The van der Waals surface area contributed by atoms with Gasteiger partial charge in [0.15, 0.2) is 0 Å². The molecule has 1 aromatic carbocycles. The second kappa shape index (κ2) is 9.29. The zero-order chi connectivity index (χ0) is 13.9. The fourth-order valence-corrected chi connectivity index (χ4v) is 1.57. The molecule has 0 saturated heterocycles. The Balaban J connectivity index is 2.78. The van der Waals surface area contributed by atoms with Crippen LogP contribution in [0.25, 0.3) is 0 Å². The third kappa shape index (κ3) is 5.67. The van der Waals surface area contributed by atoms with Gasteiger partial charge in [0.25, 0.3) is 0 Å². The summed E-state index contributed by atoms with van der Waals surface area (Å²) >= 11 is 0. The summed E-state index contributed by atoms with van der Waals surface area (Å²) in [6.07, 6.45) is 0.997. The Labute approximate surface area is 116 Å². The summed E-state index contributed by atoms with van der Waals surface area (Å²) in [5.74, 6) is 7.43. The number of hydrogen-bond acceptors (Lipinski definition) is 3. The summed E-state index contributed by atoms with van der Waals surface area (Å²) in [6.45, 7) is 8.84. The molecule has 0 atom stereocenters. The molecule has 0 aliphatic carbocycles. The Kier molecular flexibility index (Phi) is 7.53. The molecule has 0 unspecified atom stereocenters. The third-order valence-electron chi connectivity index (χ3n) is 2.55. The predicted molar refractivity (Wildman–Crippen MR) is 78.6 cm³/mol. The zero-order valence-electron chi connectivity index (χ0n) is 12.1. The van der Waals surface area contributed by atoms with Crippen molar-refractivity contribution in [3.05, 3.63) is 23.8 Å². The van der Waals surface area contributed by atoms with Crippen LogP contribution in [0.2, 0.25) is 0 Å². The normalized spacial score (nSPS) is 9.63. The Morgan fingerprint density at radius 2 is 2.05 bits per heavy atom. The summed E-state index contributed by atoms with van der Waals surface area (Å²) in [6, 6.07) is 5.97. The monoisotopic (exact) mass is 261 g/mol. The van der Waals surface area contributed by atoms with Crippen LogP contribution in [-0.2, 0) is 6.54 Å². The molecular weight excluding hydrogens is 238 g/mol. The van der Waals surface area contributed by atoms with Gasteiger partial charge in [0.2, 0.25) is 0 Å². The maximum Gasteiger partial charge on any atom is 0.149 e. The van der Waals surface area contributed by atoms with Crippen molar-refractivity contribution < 1.29 is 9.47 Å². The highest BCUT2D eigenvalue weighted by Crippen LogP contribution is 2.25. The van der Waals surface area contributed by atoms with Crippen LogP contribution < -0.4 is 14.8 Å². The summed E-state index contributed by atoms with van der Waals surface area (Å²) in [4.78, 5) is 0. The SMILES string of the molecule is CC#CCOc1cc(OCCC)ccc1CNCC. The van der Waals surface area contributed by atoms with E-state index in [0.29, 0.717) is 6.61 Å². The molecule has 1 N–H and O–H groups in total. The van der Waals surface area contributed by atoms with Crippen LogP contribution >= 0.6 is 0 Å². The first kappa shape index (κ1) is 15.4. The van der Waals surface area contributed by atoms with Gasteiger partial charge in [-0.1, -0.05) is 25.8 Å². The molecule has 19 heavy (non-hydrogen) atoms. The lowest BCUT2D eigenvalue weighted by molar-refractivity contribution is 0.312. The summed E-state index contributed by atoms with van der Waals surface area (Å²) in [5.41, 5.74) is 1.13. The van der Waals surface area contributed by atoms with E-state index in [1.807, 2.05) is 25.1 Å².